The van der Waals surface area contributed by atoms with Gasteiger partial charge in [-0.05, 0) is 29.8 Å². The first-order valence-corrected chi connectivity index (χ1v) is 6.14. The number of benzene rings is 2. The Morgan fingerprint density at radius 3 is 2.55 bits per heavy atom. The SMILES string of the molecule is Nc1nc(=O)c2ccccc2n1Cc1ccc(F)cc1. The number of para-hydroxylation sites is 1. The monoisotopic (exact) mass is 269 g/mol. The van der Waals surface area contributed by atoms with Crippen molar-refractivity contribution >= 4 is 16.9 Å². The maximum atomic E-state index is 12.9. The molecule has 0 radical (unpaired) electrons. The molecule has 5 heteroatoms. The molecule has 0 aliphatic rings. The summed E-state index contributed by atoms with van der Waals surface area (Å²) in [6.07, 6.45) is 0. The minimum atomic E-state index is -0.339. The number of nitrogens with zero attached hydrogens (tertiary/aromatic N) is 2. The fourth-order valence-electron chi connectivity index (χ4n) is 2.18. The zero-order valence-corrected chi connectivity index (χ0v) is 10.6. The lowest BCUT2D eigenvalue weighted by atomic mass is 10.2. The summed E-state index contributed by atoms with van der Waals surface area (Å²) >= 11 is 0. The molecule has 3 rings (SSSR count). The number of rotatable bonds is 2. The van der Waals surface area contributed by atoms with Crippen molar-refractivity contribution in [2.75, 3.05) is 5.73 Å². The first-order valence-electron chi connectivity index (χ1n) is 6.14. The van der Waals surface area contributed by atoms with Crippen LogP contribution in [0.15, 0.2) is 53.3 Å². The molecule has 100 valence electrons. The van der Waals surface area contributed by atoms with Gasteiger partial charge in [0, 0.05) is 0 Å². The van der Waals surface area contributed by atoms with E-state index in [0.717, 1.165) is 5.56 Å². The second-order valence-electron chi connectivity index (χ2n) is 4.50. The largest absolute Gasteiger partial charge is 0.369 e. The van der Waals surface area contributed by atoms with Gasteiger partial charge in [-0.1, -0.05) is 24.3 Å². The van der Waals surface area contributed by atoms with Gasteiger partial charge in [-0.25, -0.2) is 4.39 Å². The van der Waals surface area contributed by atoms with Crippen LogP contribution in [0.4, 0.5) is 10.3 Å². The quantitative estimate of drug-likeness (QED) is 0.775. The summed E-state index contributed by atoms with van der Waals surface area (Å²) in [5.74, 6) is -0.136. The Hall–Kier alpha value is -2.69. The van der Waals surface area contributed by atoms with Crippen LogP contribution in [0.1, 0.15) is 5.56 Å². The third-order valence-electron chi connectivity index (χ3n) is 3.17. The van der Waals surface area contributed by atoms with Crippen molar-refractivity contribution < 1.29 is 4.39 Å². The Morgan fingerprint density at radius 2 is 1.80 bits per heavy atom. The predicted octanol–water partition coefficient (Wildman–Crippen LogP) is 2.17. The van der Waals surface area contributed by atoms with E-state index in [9.17, 15) is 9.18 Å². The lowest BCUT2D eigenvalue weighted by Crippen LogP contribution is -2.18. The summed E-state index contributed by atoms with van der Waals surface area (Å²) in [6.45, 7) is 0.430. The number of aromatic nitrogens is 2. The molecule has 0 saturated heterocycles. The van der Waals surface area contributed by atoms with E-state index in [1.807, 2.05) is 12.1 Å². The molecule has 0 spiro atoms. The van der Waals surface area contributed by atoms with Gasteiger partial charge in [0.15, 0.2) is 0 Å². The smallest absolute Gasteiger partial charge is 0.282 e. The van der Waals surface area contributed by atoms with Crippen LogP contribution in [0, 0.1) is 5.82 Å². The van der Waals surface area contributed by atoms with Gasteiger partial charge in [0.25, 0.3) is 5.56 Å². The van der Waals surface area contributed by atoms with E-state index in [2.05, 4.69) is 4.98 Å². The van der Waals surface area contributed by atoms with E-state index < -0.39 is 0 Å². The Labute approximate surface area is 114 Å². The van der Waals surface area contributed by atoms with E-state index in [4.69, 9.17) is 5.73 Å². The Balaban J connectivity index is 2.16. The molecule has 2 aromatic carbocycles. The minimum Gasteiger partial charge on any atom is -0.369 e. The third kappa shape index (κ3) is 2.14. The minimum absolute atomic E-state index is 0.151. The highest BCUT2D eigenvalue weighted by molar-refractivity contribution is 5.79. The molecular weight excluding hydrogens is 257 g/mol. The summed E-state index contributed by atoms with van der Waals surface area (Å²) in [6, 6.07) is 13.3. The number of nitrogen functional groups attached to an aromatic ring is 1. The Bertz CT molecular complexity index is 825. The van der Waals surface area contributed by atoms with Crippen LogP contribution >= 0.6 is 0 Å². The average Bonchev–Trinajstić information content (AvgIpc) is 2.45. The molecule has 0 unspecified atom stereocenters. The maximum absolute atomic E-state index is 12.9. The van der Waals surface area contributed by atoms with E-state index in [-0.39, 0.29) is 17.3 Å². The summed E-state index contributed by atoms with van der Waals surface area (Å²) in [7, 11) is 0. The van der Waals surface area contributed by atoms with Crippen molar-refractivity contribution in [3.05, 3.63) is 70.3 Å². The van der Waals surface area contributed by atoms with Gasteiger partial charge < -0.3 is 10.3 Å². The first kappa shape index (κ1) is 12.3. The highest BCUT2D eigenvalue weighted by Gasteiger charge is 2.08. The van der Waals surface area contributed by atoms with E-state index in [1.54, 1.807) is 28.8 Å². The average molecular weight is 269 g/mol. The van der Waals surface area contributed by atoms with E-state index >= 15 is 0 Å². The molecule has 0 aliphatic carbocycles. The lowest BCUT2D eigenvalue weighted by Gasteiger charge is -2.13. The highest BCUT2D eigenvalue weighted by Crippen LogP contribution is 2.15. The van der Waals surface area contributed by atoms with Gasteiger partial charge >= 0.3 is 0 Å². The molecular formula is C15H12FN3O. The predicted molar refractivity (Wildman–Crippen MR) is 75.9 cm³/mol. The van der Waals surface area contributed by atoms with Crippen molar-refractivity contribution in [2.24, 2.45) is 0 Å². The van der Waals surface area contributed by atoms with Crippen LogP contribution in [-0.2, 0) is 6.54 Å². The van der Waals surface area contributed by atoms with Crippen LogP contribution in [-0.4, -0.2) is 9.55 Å². The van der Waals surface area contributed by atoms with Crippen LogP contribution < -0.4 is 11.3 Å². The molecule has 0 bridgehead atoms. The van der Waals surface area contributed by atoms with E-state index in [0.29, 0.717) is 17.4 Å². The molecule has 3 aromatic rings. The third-order valence-corrected chi connectivity index (χ3v) is 3.17. The van der Waals surface area contributed by atoms with Crippen LogP contribution in [0.5, 0.6) is 0 Å². The summed E-state index contributed by atoms with van der Waals surface area (Å²) < 4.78 is 14.7. The molecule has 2 N–H and O–H groups in total. The van der Waals surface area contributed by atoms with Crippen LogP contribution in [0.25, 0.3) is 10.9 Å². The fraction of sp³-hybridized carbons (Fsp3) is 0.0667. The maximum Gasteiger partial charge on any atom is 0.282 e. The number of nitrogens with two attached hydrogens (primary N) is 1. The molecule has 1 aromatic heterocycles. The number of fused-ring (bicyclic) bond motifs is 1. The van der Waals surface area contributed by atoms with Crippen LogP contribution in [0.3, 0.4) is 0 Å². The lowest BCUT2D eigenvalue weighted by molar-refractivity contribution is 0.626. The zero-order valence-electron chi connectivity index (χ0n) is 10.6. The van der Waals surface area contributed by atoms with Gasteiger partial charge in [-0.2, -0.15) is 4.98 Å². The number of anilines is 1. The summed E-state index contributed by atoms with van der Waals surface area (Å²) in [5.41, 5.74) is 7.10. The van der Waals surface area contributed by atoms with Crippen molar-refractivity contribution in [1.29, 1.82) is 0 Å². The summed E-state index contributed by atoms with van der Waals surface area (Å²) in [4.78, 5) is 15.6. The van der Waals surface area contributed by atoms with Crippen molar-refractivity contribution in [2.45, 2.75) is 6.54 Å². The Kier molecular flexibility index (Phi) is 2.95. The molecule has 1 heterocycles. The second-order valence-corrected chi connectivity index (χ2v) is 4.50. The van der Waals surface area contributed by atoms with Gasteiger partial charge in [-0.3, -0.25) is 4.79 Å². The van der Waals surface area contributed by atoms with Gasteiger partial charge in [-0.15, -0.1) is 0 Å². The molecule has 20 heavy (non-hydrogen) atoms. The van der Waals surface area contributed by atoms with Gasteiger partial charge in [0.05, 0.1) is 17.4 Å². The van der Waals surface area contributed by atoms with Gasteiger partial charge in [0.1, 0.15) is 5.82 Å². The number of hydrogen-bond acceptors (Lipinski definition) is 3. The molecule has 0 saturated carbocycles. The van der Waals surface area contributed by atoms with E-state index in [1.165, 1.54) is 12.1 Å². The topological polar surface area (TPSA) is 60.9 Å². The highest BCUT2D eigenvalue weighted by atomic mass is 19.1. The first-order chi connectivity index (χ1) is 9.65. The molecule has 4 nitrogen and oxygen atoms in total. The molecule has 0 atom stereocenters. The van der Waals surface area contributed by atoms with Crippen molar-refractivity contribution in [3.63, 3.8) is 0 Å². The normalized spacial score (nSPS) is 10.8. The Morgan fingerprint density at radius 1 is 1.10 bits per heavy atom. The standard InChI is InChI=1S/C15H12FN3O/c16-11-7-5-10(6-8-11)9-19-13-4-2-1-3-12(13)14(20)18-15(19)17/h1-8H,9H2,(H2,17,18,20). The van der Waals surface area contributed by atoms with Crippen molar-refractivity contribution in [3.8, 4) is 0 Å². The summed E-state index contributed by atoms with van der Waals surface area (Å²) in [5, 5.41) is 0.517. The fourth-order valence-corrected chi connectivity index (χ4v) is 2.18. The number of hydrogen-bond donors (Lipinski definition) is 1. The molecule has 0 fully saturated rings. The second kappa shape index (κ2) is 4.77. The van der Waals surface area contributed by atoms with Gasteiger partial charge in [0.2, 0.25) is 5.95 Å². The molecule has 0 aliphatic heterocycles. The zero-order chi connectivity index (χ0) is 14.1. The number of halogens is 1. The molecule has 0 amide bonds. The van der Waals surface area contributed by atoms with Crippen molar-refractivity contribution in [1.82, 2.24) is 9.55 Å². The van der Waals surface area contributed by atoms with Crippen LogP contribution in [0.2, 0.25) is 0 Å².